The Morgan fingerprint density at radius 1 is 0.810 bits per heavy atom. The fourth-order valence-corrected chi connectivity index (χ4v) is 3.63. The average Bonchev–Trinajstić information content (AvgIpc) is 2.37. The predicted molar refractivity (Wildman–Crippen MR) is 93.4 cm³/mol. The molecule has 0 saturated carbocycles. The first-order valence-electron chi connectivity index (χ1n) is 5.16. The molecule has 1 nitrogen and oxygen atoms in total. The quantitative estimate of drug-likeness (QED) is 0.422. The zero-order valence-corrected chi connectivity index (χ0v) is 16.6. The van der Waals surface area contributed by atoms with Gasteiger partial charge in [-0.1, -0.05) is 129 Å². The van der Waals surface area contributed by atoms with E-state index in [0.29, 0.717) is 5.56 Å². The number of hydrogen-bond acceptors (Lipinski definition) is 0. The summed E-state index contributed by atoms with van der Waals surface area (Å²) >= 11 is 53.8. The highest BCUT2D eigenvalue weighted by Gasteiger charge is 2.68. The first-order valence-corrected chi connectivity index (χ1v) is 8.57. The van der Waals surface area contributed by atoms with E-state index in [1.807, 2.05) is 0 Å². The molecule has 0 aliphatic rings. The van der Waals surface area contributed by atoms with Gasteiger partial charge in [0.1, 0.15) is 6.61 Å². The lowest BCUT2D eigenvalue weighted by molar-refractivity contribution is 0.177. The monoisotopic (exact) mass is 469 g/mol. The maximum atomic E-state index is 10.9. The van der Waals surface area contributed by atoms with E-state index in [2.05, 4.69) is 0 Å². The van der Waals surface area contributed by atoms with Crippen LogP contribution >= 0.6 is 104 Å². The summed E-state index contributed by atoms with van der Waals surface area (Å²) in [6, 6.07) is 6.02. The van der Waals surface area contributed by atoms with Crippen LogP contribution in [-0.4, -0.2) is 12.5 Å². The summed E-state index contributed by atoms with van der Waals surface area (Å²) in [5.41, 5.74) is 0.593. The predicted octanol–water partition coefficient (Wildman–Crippen LogP) is 6.97. The van der Waals surface area contributed by atoms with Gasteiger partial charge in [0, 0.05) is 0 Å². The molecule has 0 saturated heterocycles. The summed E-state index contributed by atoms with van der Waals surface area (Å²) in [5.74, 6) is 0. The molecule has 0 unspecified atom stereocenters. The Hall–Kier alpha value is 1.79. The number of alkyl halides is 9. The van der Waals surface area contributed by atoms with Crippen LogP contribution in [0.4, 0.5) is 0 Å². The molecular formula is C11H6Cl9O. The van der Waals surface area contributed by atoms with Gasteiger partial charge in [0.2, 0.25) is 8.13 Å². The van der Waals surface area contributed by atoms with Gasteiger partial charge in [-0.2, -0.15) is 0 Å². The lowest BCUT2D eigenvalue weighted by atomic mass is 10.0. The van der Waals surface area contributed by atoms with Crippen molar-refractivity contribution in [1.29, 1.82) is 0 Å². The number of halogens is 9. The summed E-state index contributed by atoms with van der Waals surface area (Å²) in [5, 5.41) is 10.9. The minimum Gasteiger partial charge on any atom is -0.232 e. The normalized spacial score (nSPS) is 14.4. The SMILES string of the molecule is [O]Cc1cccc(C(Cl)(Cl)C(Cl)(Cl)C(Cl)(Cl)C(Cl)(Cl)Cl)c1. The number of benzene rings is 1. The van der Waals surface area contributed by atoms with Gasteiger partial charge in [0.15, 0.2) is 8.67 Å². The topological polar surface area (TPSA) is 19.9 Å². The minimum absolute atomic E-state index is 0.184. The molecule has 1 rings (SSSR count). The van der Waals surface area contributed by atoms with Crippen molar-refractivity contribution in [1.82, 2.24) is 0 Å². The average molecular weight is 473 g/mol. The van der Waals surface area contributed by atoms with Crippen LogP contribution in [0, 0.1) is 0 Å². The van der Waals surface area contributed by atoms with E-state index in [1.165, 1.54) is 12.1 Å². The van der Waals surface area contributed by atoms with Crippen LogP contribution < -0.4 is 0 Å². The molecule has 1 aromatic rings. The van der Waals surface area contributed by atoms with Crippen molar-refractivity contribution >= 4 is 104 Å². The Labute approximate surface area is 167 Å². The van der Waals surface area contributed by atoms with Crippen molar-refractivity contribution in [3.8, 4) is 0 Å². The van der Waals surface area contributed by atoms with E-state index in [-0.39, 0.29) is 5.56 Å². The van der Waals surface area contributed by atoms with Crippen LogP contribution in [0.1, 0.15) is 11.1 Å². The Morgan fingerprint density at radius 3 is 1.76 bits per heavy atom. The van der Waals surface area contributed by atoms with Gasteiger partial charge in [-0.05, 0) is 11.1 Å². The second kappa shape index (κ2) is 6.96. The first-order chi connectivity index (χ1) is 9.29. The van der Waals surface area contributed by atoms with E-state index in [4.69, 9.17) is 104 Å². The Kier molecular flexibility index (Phi) is 6.90. The molecule has 119 valence electrons. The Balaban J connectivity index is 3.39. The van der Waals surface area contributed by atoms with Crippen LogP contribution in [0.15, 0.2) is 24.3 Å². The van der Waals surface area contributed by atoms with E-state index < -0.39 is 23.4 Å². The van der Waals surface area contributed by atoms with E-state index in [1.54, 1.807) is 12.1 Å². The molecular weight excluding hydrogens is 467 g/mol. The van der Waals surface area contributed by atoms with E-state index in [0.717, 1.165) is 0 Å². The molecule has 21 heavy (non-hydrogen) atoms. The van der Waals surface area contributed by atoms with E-state index in [9.17, 15) is 5.11 Å². The molecule has 0 aromatic heterocycles. The van der Waals surface area contributed by atoms with Crippen LogP contribution in [0.2, 0.25) is 0 Å². The van der Waals surface area contributed by atoms with Gasteiger partial charge in [0.25, 0.3) is 0 Å². The van der Waals surface area contributed by atoms with Gasteiger partial charge < -0.3 is 0 Å². The van der Waals surface area contributed by atoms with Gasteiger partial charge in [0.05, 0.1) is 0 Å². The third-order valence-corrected chi connectivity index (χ3v) is 8.08. The third kappa shape index (κ3) is 3.90. The molecule has 0 N–H and O–H groups in total. The molecule has 10 heteroatoms. The maximum absolute atomic E-state index is 10.9. The van der Waals surface area contributed by atoms with Gasteiger partial charge in [-0.15, -0.1) is 0 Å². The van der Waals surface area contributed by atoms with Crippen molar-refractivity contribution in [3.05, 3.63) is 35.4 Å². The van der Waals surface area contributed by atoms with Crippen molar-refractivity contribution in [2.24, 2.45) is 0 Å². The second-order valence-corrected chi connectivity index (χ2v) is 10.3. The lowest BCUT2D eigenvalue weighted by Gasteiger charge is -2.44. The molecule has 1 aromatic carbocycles. The van der Waals surface area contributed by atoms with Gasteiger partial charge in [-0.3, -0.25) is 0 Å². The molecule has 0 bridgehead atoms. The Bertz CT molecular complexity index is 507. The largest absolute Gasteiger partial charge is 0.232 e. The molecule has 0 fully saturated rings. The molecule has 1 radical (unpaired) electrons. The number of rotatable bonds is 4. The van der Waals surface area contributed by atoms with Crippen molar-refractivity contribution in [2.75, 3.05) is 0 Å². The lowest BCUT2D eigenvalue weighted by Crippen LogP contribution is -2.54. The fourth-order valence-electron chi connectivity index (χ4n) is 1.41. The number of hydrogen-bond donors (Lipinski definition) is 0. The van der Waals surface area contributed by atoms with Crippen LogP contribution in [0.3, 0.4) is 0 Å². The van der Waals surface area contributed by atoms with Gasteiger partial charge in [-0.25, -0.2) is 5.11 Å². The van der Waals surface area contributed by atoms with E-state index >= 15 is 0 Å². The summed E-state index contributed by atoms with van der Waals surface area (Å²) in [6.07, 6.45) is 0. The van der Waals surface area contributed by atoms with Crippen molar-refractivity contribution < 1.29 is 5.11 Å². The molecule has 0 spiro atoms. The minimum atomic E-state index is -2.36. The summed E-state index contributed by atoms with van der Waals surface area (Å²) < 4.78 is -9.02. The standard InChI is InChI=1S/C11H6Cl9O/c12-8(13,7-3-1-2-6(4-7)5-21)9(14,15)10(16,17)11(18,19)20/h1-4H,5H2. The van der Waals surface area contributed by atoms with Gasteiger partial charge >= 0.3 is 0 Å². The zero-order valence-electron chi connectivity index (χ0n) is 9.83. The highest BCUT2D eigenvalue weighted by atomic mass is 35.6. The molecule has 0 amide bonds. The van der Waals surface area contributed by atoms with Crippen LogP contribution in [0.5, 0.6) is 0 Å². The summed E-state index contributed by atoms with van der Waals surface area (Å²) in [7, 11) is 0. The first kappa shape index (κ1) is 20.8. The molecule has 0 heterocycles. The smallest absolute Gasteiger partial charge is 0.226 e. The molecule has 0 aliphatic heterocycles. The Morgan fingerprint density at radius 2 is 1.33 bits per heavy atom. The third-order valence-electron chi connectivity index (χ3n) is 2.60. The van der Waals surface area contributed by atoms with Crippen molar-refractivity contribution in [3.63, 3.8) is 0 Å². The molecule has 0 aliphatic carbocycles. The highest BCUT2D eigenvalue weighted by Crippen LogP contribution is 2.65. The van der Waals surface area contributed by atoms with Crippen molar-refractivity contribution in [2.45, 2.75) is 23.4 Å². The van der Waals surface area contributed by atoms with Crippen LogP contribution in [-0.2, 0) is 16.0 Å². The highest BCUT2D eigenvalue weighted by molar-refractivity contribution is 6.80. The van der Waals surface area contributed by atoms with Crippen LogP contribution in [0.25, 0.3) is 0 Å². The fraction of sp³-hybridized carbons (Fsp3) is 0.455. The summed E-state index contributed by atoms with van der Waals surface area (Å²) in [4.78, 5) is 0. The second-order valence-electron chi connectivity index (χ2n) is 4.07. The maximum Gasteiger partial charge on any atom is 0.226 e. The summed E-state index contributed by atoms with van der Waals surface area (Å²) in [6.45, 7) is -0.493. The zero-order chi connectivity index (χ0) is 16.7. The molecule has 0 atom stereocenters.